The SMILES string of the molecule is Cc1cc(C(=O)COC(=O)C(=Cc2cccs2)c2cccs2)c(C)n1Cc1cccs1. The summed E-state index contributed by atoms with van der Waals surface area (Å²) >= 11 is 4.71. The first-order valence-corrected chi connectivity index (χ1v) is 12.4. The minimum Gasteiger partial charge on any atom is -0.454 e. The van der Waals surface area contributed by atoms with Crippen LogP contribution in [0.15, 0.2) is 58.6 Å². The fraction of sp³-hybridized carbons (Fsp3) is 0.167. The third-order valence-corrected chi connectivity index (χ3v) is 7.52. The molecule has 0 bridgehead atoms. The second-order valence-electron chi connectivity index (χ2n) is 7.00. The van der Waals surface area contributed by atoms with Crippen molar-refractivity contribution in [3.63, 3.8) is 0 Å². The molecule has 0 aliphatic carbocycles. The molecule has 0 N–H and O–H groups in total. The van der Waals surface area contributed by atoms with Gasteiger partial charge in [0, 0.05) is 31.6 Å². The van der Waals surface area contributed by atoms with Gasteiger partial charge in [-0.3, -0.25) is 4.79 Å². The molecule has 4 aromatic heterocycles. The van der Waals surface area contributed by atoms with E-state index in [1.54, 1.807) is 22.7 Å². The molecule has 31 heavy (non-hydrogen) atoms. The summed E-state index contributed by atoms with van der Waals surface area (Å²) in [5.41, 5.74) is 2.96. The van der Waals surface area contributed by atoms with Crippen LogP contribution in [-0.4, -0.2) is 22.9 Å². The predicted molar refractivity (Wildman–Crippen MR) is 129 cm³/mol. The molecule has 7 heteroatoms. The monoisotopic (exact) mass is 467 g/mol. The predicted octanol–water partition coefficient (Wildman–Crippen LogP) is 6.30. The Kier molecular flexibility index (Phi) is 6.65. The van der Waals surface area contributed by atoms with Gasteiger partial charge in [0.15, 0.2) is 6.61 Å². The second kappa shape index (κ2) is 9.60. The van der Waals surface area contributed by atoms with Gasteiger partial charge in [0.1, 0.15) is 0 Å². The largest absolute Gasteiger partial charge is 0.454 e. The van der Waals surface area contributed by atoms with Crippen LogP contribution in [0.2, 0.25) is 0 Å². The smallest absolute Gasteiger partial charge is 0.340 e. The summed E-state index contributed by atoms with van der Waals surface area (Å²) in [6.45, 7) is 4.37. The standard InChI is InChI=1S/C24H21NO3S3/c1-16-12-20(17(2)25(16)14-19-7-4-10-30-19)22(26)15-28-24(27)21(23-8-5-11-31-23)13-18-6-3-9-29-18/h3-13H,14-15H2,1-2H3. The normalized spacial score (nSPS) is 11.6. The Morgan fingerprint density at radius 3 is 2.42 bits per heavy atom. The Labute approximate surface area is 193 Å². The number of thiophene rings is 3. The van der Waals surface area contributed by atoms with Crippen molar-refractivity contribution in [3.8, 4) is 0 Å². The van der Waals surface area contributed by atoms with Crippen LogP contribution in [0.4, 0.5) is 0 Å². The van der Waals surface area contributed by atoms with Crippen LogP contribution in [0.25, 0.3) is 11.6 Å². The van der Waals surface area contributed by atoms with Gasteiger partial charge in [0.2, 0.25) is 5.78 Å². The van der Waals surface area contributed by atoms with Gasteiger partial charge in [-0.25, -0.2) is 4.79 Å². The summed E-state index contributed by atoms with van der Waals surface area (Å²) in [5.74, 6) is -0.683. The number of carbonyl (C=O) groups excluding carboxylic acids is 2. The topological polar surface area (TPSA) is 48.3 Å². The van der Waals surface area contributed by atoms with Crippen LogP contribution in [0, 0.1) is 13.8 Å². The first-order valence-electron chi connectivity index (χ1n) is 9.71. The number of esters is 1. The molecule has 4 aromatic rings. The van der Waals surface area contributed by atoms with Crippen molar-refractivity contribution in [2.75, 3.05) is 6.61 Å². The quantitative estimate of drug-likeness (QED) is 0.173. The fourth-order valence-corrected chi connectivity index (χ4v) is 5.43. The second-order valence-corrected chi connectivity index (χ2v) is 9.96. The maximum absolute atomic E-state index is 12.9. The molecule has 0 aliphatic rings. The lowest BCUT2D eigenvalue weighted by Crippen LogP contribution is -2.15. The lowest BCUT2D eigenvalue weighted by Gasteiger charge is -2.09. The van der Waals surface area contributed by atoms with E-state index >= 15 is 0 Å². The van der Waals surface area contributed by atoms with Crippen molar-refractivity contribution in [3.05, 3.63) is 90.2 Å². The van der Waals surface area contributed by atoms with E-state index in [-0.39, 0.29) is 12.4 Å². The number of ketones is 1. The third-order valence-electron chi connectivity index (χ3n) is 4.94. The van der Waals surface area contributed by atoms with Gasteiger partial charge in [-0.2, -0.15) is 0 Å². The number of Topliss-reactive ketones (excluding diaryl/α,β-unsaturated/α-hetero) is 1. The van der Waals surface area contributed by atoms with Gasteiger partial charge >= 0.3 is 5.97 Å². The average Bonchev–Trinajstić information content (AvgIpc) is 3.56. The number of ether oxygens (including phenoxy) is 1. The van der Waals surface area contributed by atoms with Crippen LogP contribution in [-0.2, 0) is 16.1 Å². The molecule has 4 heterocycles. The lowest BCUT2D eigenvalue weighted by molar-refractivity contribution is -0.135. The Morgan fingerprint density at radius 1 is 1.00 bits per heavy atom. The first kappa shape index (κ1) is 21.5. The molecule has 4 rings (SSSR count). The van der Waals surface area contributed by atoms with Crippen LogP contribution in [0.5, 0.6) is 0 Å². The van der Waals surface area contributed by atoms with Gasteiger partial charge in [0.05, 0.1) is 12.1 Å². The minimum absolute atomic E-state index is 0.194. The molecule has 0 saturated carbocycles. The van der Waals surface area contributed by atoms with Gasteiger partial charge in [-0.15, -0.1) is 34.0 Å². The Morgan fingerprint density at radius 2 is 1.74 bits per heavy atom. The fourth-order valence-electron chi connectivity index (χ4n) is 3.35. The molecule has 0 unspecified atom stereocenters. The number of rotatable bonds is 8. The zero-order valence-electron chi connectivity index (χ0n) is 17.2. The van der Waals surface area contributed by atoms with Gasteiger partial charge < -0.3 is 9.30 Å². The van der Waals surface area contributed by atoms with Crippen molar-refractivity contribution in [1.82, 2.24) is 4.57 Å². The number of hydrogen-bond acceptors (Lipinski definition) is 6. The summed E-state index contributed by atoms with van der Waals surface area (Å²) in [6.07, 6.45) is 1.82. The summed E-state index contributed by atoms with van der Waals surface area (Å²) in [7, 11) is 0. The maximum atomic E-state index is 12.9. The molecule has 0 aliphatic heterocycles. The summed E-state index contributed by atoms with van der Waals surface area (Å²) in [4.78, 5) is 28.7. The Hall–Kier alpha value is -2.74. The molecule has 0 radical (unpaired) electrons. The van der Waals surface area contributed by atoms with Gasteiger partial charge in [-0.05, 0) is 60.3 Å². The number of aryl methyl sites for hydroxylation is 1. The molecule has 0 amide bonds. The molecule has 0 fully saturated rings. The highest BCUT2D eigenvalue weighted by Gasteiger charge is 2.20. The molecule has 0 saturated heterocycles. The van der Waals surface area contributed by atoms with E-state index in [1.165, 1.54) is 16.2 Å². The van der Waals surface area contributed by atoms with Crippen molar-refractivity contribution >= 4 is 57.4 Å². The van der Waals surface area contributed by atoms with E-state index in [9.17, 15) is 9.59 Å². The third kappa shape index (κ3) is 4.95. The van der Waals surface area contributed by atoms with E-state index in [2.05, 4.69) is 10.6 Å². The number of hydrogen-bond donors (Lipinski definition) is 0. The zero-order valence-corrected chi connectivity index (χ0v) is 19.6. The molecule has 4 nitrogen and oxygen atoms in total. The molecular weight excluding hydrogens is 446 g/mol. The van der Waals surface area contributed by atoms with Crippen molar-refractivity contribution < 1.29 is 14.3 Å². The summed E-state index contributed by atoms with van der Waals surface area (Å²) < 4.78 is 7.57. The zero-order chi connectivity index (χ0) is 21.8. The Bertz CT molecular complexity index is 1200. The molecule has 0 atom stereocenters. The minimum atomic E-state index is -0.489. The first-order chi connectivity index (χ1) is 15.0. The number of nitrogens with zero attached hydrogens (tertiary/aromatic N) is 1. The molecule has 0 spiro atoms. The maximum Gasteiger partial charge on any atom is 0.340 e. The Balaban J connectivity index is 1.48. The highest BCUT2D eigenvalue weighted by molar-refractivity contribution is 7.12. The lowest BCUT2D eigenvalue weighted by atomic mass is 10.1. The van der Waals surface area contributed by atoms with E-state index in [1.807, 2.05) is 72.5 Å². The highest BCUT2D eigenvalue weighted by Crippen LogP contribution is 2.26. The van der Waals surface area contributed by atoms with E-state index in [4.69, 9.17) is 4.74 Å². The van der Waals surface area contributed by atoms with Crippen LogP contribution in [0.1, 0.15) is 36.4 Å². The summed E-state index contributed by atoms with van der Waals surface area (Å²) in [5, 5.41) is 5.92. The highest BCUT2D eigenvalue weighted by atomic mass is 32.1. The molecule has 158 valence electrons. The van der Waals surface area contributed by atoms with E-state index in [0.29, 0.717) is 11.1 Å². The van der Waals surface area contributed by atoms with Crippen LogP contribution >= 0.6 is 34.0 Å². The van der Waals surface area contributed by atoms with E-state index in [0.717, 1.165) is 27.7 Å². The van der Waals surface area contributed by atoms with Crippen molar-refractivity contribution in [2.24, 2.45) is 0 Å². The van der Waals surface area contributed by atoms with Crippen molar-refractivity contribution in [1.29, 1.82) is 0 Å². The number of aromatic nitrogens is 1. The van der Waals surface area contributed by atoms with Crippen LogP contribution < -0.4 is 0 Å². The summed E-state index contributed by atoms with van der Waals surface area (Å²) in [6, 6.07) is 13.6. The number of carbonyl (C=O) groups is 2. The molecular formula is C24H21NO3S3. The van der Waals surface area contributed by atoms with Crippen LogP contribution in [0.3, 0.4) is 0 Å². The van der Waals surface area contributed by atoms with Gasteiger partial charge in [-0.1, -0.05) is 18.2 Å². The van der Waals surface area contributed by atoms with Gasteiger partial charge in [0.25, 0.3) is 0 Å². The average molecular weight is 468 g/mol. The van der Waals surface area contributed by atoms with E-state index < -0.39 is 5.97 Å². The molecule has 0 aromatic carbocycles. The van der Waals surface area contributed by atoms with Crippen molar-refractivity contribution in [2.45, 2.75) is 20.4 Å².